The van der Waals surface area contributed by atoms with E-state index in [9.17, 15) is 4.79 Å². The van der Waals surface area contributed by atoms with Crippen LogP contribution in [0.4, 0.5) is 5.82 Å². The molecule has 2 aliphatic rings. The largest absolute Gasteiger partial charge is 0.474 e. The van der Waals surface area contributed by atoms with Crippen LogP contribution in [-0.2, 0) is 4.79 Å². The van der Waals surface area contributed by atoms with E-state index >= 15 is 0 Å². The van der Waals surface area contributed by atoms with Crippen molar-refractivity contribution in [1.29, 1.82) is 0 Å². The van der Waals surface area contributed by atoms with E-state index < -0.39 is 5.60 Å². The molecule has 5 nitrogen and oxygen atoms in total. The van der Waals surface area contributed by atoms with Gasteiger partial charge in [-0.25, -0.2) is 4.98 Å². The molecule has 1 amide bonds. The summed E-state index contributed by atoms with van der Waals surface area (Å²) >= 11 is 0. The minimum Gasteiger partial charge on any atom is -0.474 e. The molecule has 0 saturated carbocycles. The highest BCUT2D eigenvalue weighted by atomic mass is 16.5. The maximum atomic E-state index is 12.6. The monoisotopic (exact) mass is 289 g/mol. The fraction of sp³-hybridized carbons (Fsp3) is 0.625. The highest BCUT2D eigenvalue weighted by Gasteiger charge is 2.41. The molecule has 5 heteroatoms. The highest BCUT2D eigenvalue weighted by molar-refractivity contribution is 6.01. The Balaban J connectivity index is 1.77. The number of carbonyl (C=O) groups is 1. The summed E-state index contributed by atoms with van der Waals surface area (Å²) in [5.74, 6) is 1.34. The third kappa shape index (κ3) is 2.88. The standard InChI is InChI=1S/C16H23N3O2/c1-16(2)15(20)19(12-11-18-9-4-3-5-10-18)14-13(21-16)7-6-8-17-14/h6-8H,3-5,9-12H2,1-2H3. The Morgan fingerprint density at radius 1 is 1.24 bits per heavy atom. The Kier molecular flexibility index (Phi) is 3.85. The molecule has 0 bridgehead atoms. The van der Waals surface area contributed by atoms with Gasteiger partial charge in [0.25, 0.3) is 5.91 Å². The fourth-order valence-electron chi connectivity index (χ4n) is 3.04. The van der Waals surface area contributed by atoms with E-state index in [2.05, 4.69) is 9.88 Å². The van der Waals surface area contributed by atoms with Gasteiger partial charge >= 0.3 is 0 Å². The van der Waals surface area contributed by atoms with Crippen LogP contribution in [0.3, 0.4) is 0 Å². The van der Waals surface area contributed by atoms with Crippen molar-refractivity contribution in [2.45, 2.75) is 38.7 Å². The van der Waals surface area contributed by atoms with Gasteiger partial charge in [0, 0.05) is 19.3 Å². The number of likely N-dealkylation sites (tertiary alicyclic amines) is 1. The number of fused-ring (bicyclic) bond motifs is 1. The second-order valence-electron chi connectivity index (χ2n) is 6.30. The molecule has 1 saturated heterocycles. The zero-order chi connectivity index (χ0) is 14.9. The molecule has 0 spiro atoms. The average Bonchev–Trinajstić information content (AvgIpc) is 2.48. The first-order chi connectivity index (χ1) is 10.1. The van der Waals surface area contributed by atoms with Gasteiger partial charge in [0.2, 0.25) is 0 Å². The molecule has 1 aromatic rings. The Morgan fingerprint density at radius 2 is 2.00 bits per heavy atom. The maximum Gasteiger partial charge on any atom is 0.271 e. The molecule has 114 valence electrons. The second kappa shape index (κ2) is 5.64. The molecule has 3 rings (SSSR count). The van der Waals surface area contributed by atoms with Crippen molar-refractivity contribution in [3.8, 4) is 5.75 Å². The third-order valence-electron chi connectivity index (χ3n) is 4.22. The number of amides is 1. The number of carbonyl (C=O) groups excluding carboxylic acids is 1. The van der Waals surface area contributed by atoms with E-state index in [0.717, 1.165) is 19.6 Å². The quantitative estimate of drug-likeness (QED) is 0.854. The summed E-state index contributed by atoms with van der Waals surface area (Å²) in [6.45, 7) is 7.49. The number of ether oxygens (including phenoxy) is 1. The van der Waals surface area contributed by atoms with Crippen molar-refractivity contribution in [2.24, 2.45) is 0 Å². The van der Waals surface area contributed by atoms with Gasteiger partial charge in [0.05, 0.1) is 0 Å². The molecule has 3 heterocycles. The summed E-state index contributed by atoms with van der Waals surface area (Å²) in [6, 6.07) is 3.72. The van der Waals surface area contributed by atoms with Gasteiger partial charge in [-0.2, -0.15) is 0 Å². The molecule has 0 radical (unpaired) electrons. The number of rotatable bonds is 3. The Bertz CT molecular complexity index is 524. The molecule has 0 aromatic carbocycles. The molecule has 0 unspecified atom stereocenters. The smallest absolute Gasteiger partial charge is 0.271 e. The van der Waals surface area contributed by atoms with Crippen LogP contribution in [-0.4, -0.2) is 47.6 Å². The first-order valence-corrected chi connectivity index (χ1v) is 7.76. The lowest BCUT2D eigenvalue weighted by atomic mass is 10.1. The van der Waals surface area contributed by atoms with Crippen molar-refractivity contribution in [2.75, 3.05) is 31.1 Å². The maximum absolute atomic E-state index is 12.6. The molecule has 0 atom stereocenters. The number of aromatic nitrogens is 1. The van der Waals surface area contributed by atoms with Crippen LogP contribution in [0.1, 0.15) is 33.1 Å². The summed E-state index contributed by atoms with van der Waals surface area (Å²) in [4.78, 5) is 21.2. The van der Waals surface area contributed by atoms with Crippen LogP contribution >= 0.6 is 0 Å². The van der Waals surface area contributed by atoms with Crippen LogP contribution in [0.25, 0.3) is 0 Å². The molecule has 2 aliphatic heterocycles. The lowest BCUT2D eigenvalue weighted by Gasteiger charge is -2.38. The summed E-state index contributed by atoms with van der Waals surface area (Å²) in [7, 11) is 0. The van der Waals surface area contributed by atoms with Gasteiger partial charge in [-0.3, -0.25) is 9.69 Å². The topological polar surface area (TPSA) is 45.7 Å². The first kappa shape index (κ1) is 14.3. The Hall–Kier alpha value is -1.62. The van der Waals surface area contributed by atoms with Gasteiger partial charge in [-0.1, -0.05) is 6.42 Å². The van der Waals surface area contributed by atoms with Crippen LogP contribution in [0.2, 0.25) is 0 Å². The van der Waals surface area contributed by atoms with Crippen LogP contribution in [0, 0.1) is 0 Å². The first-order valence-electron chi connectivity index (χ1n) is 7.76. The van der Waals surface area contributed by atoms with Crippen LogP contribution in [0.15, 0.2) is 18.3 Å². The van der Waals surface area contributed by atoms with Crippen LogP contribution < -0.4 is 9.64 Å². The zero-order valence-corrected chi connectivity index (χ0v) is 12.8. The zero-order valence-electron chi connectivity index (χ0n) is 12.8. The van der Waals surface area contributed by atoms with Crippen molar-refractivity contribution in [3.63, 3.8) is 0 Å². The van der Waals surface area contributed by atoms with E-state index in [4.69, 9.17) is 4.74 Å². The Labute approximate surface area is 125 Å². The number of hydrogen-bond donors (Lipinski definition) is 0. The molecular weight excluding hydrogens is 266 g/mol. The predicted octanol–water partition coefficient (Wildman–Crippen LogP) is 2.07. The summed E-state index contributed by atoms with van der Waals surface area (Å²) in [6.07, 6.45) is 5.56. The minimum atomic E-state index is -0.821. The molecule has 1 fully saturated rings. The number of piperidine rings is 1. The van der Waals surface area contributed by atoms with Crippen molar-refractivity contribution < 1.29 is 9.53 Å². The molecular formula is C16H23N3O2. The molecule has 1 aromatic heterocycles. The number of hydrogen-bond acceptors (Lipinski definition) is 4. The number of nitrogens with zero attached hydrogens (tertiary/aromatic N) is 3. The summed E-state index contributed by atoms with van der Waals surface area (Å²) < 4.78 is 5.79. The summed E-state index contributed by atoms with van der Waals surface area (Å²) in [5.41, 5.74) is -0.821. The van der Waals surface area contributed by atoms with Crippen molar-refractivity contribution >= 4 is 11.7 Å². The predicted molar refractivity (Wildman–Crippen MR) is 81.6 cm³/mol. The van der Waals surface area contributed by atoms with Gasteiger partial charge < -0.3 is 9.64 Å². The SMILES string of the molecule is CC1(C)Oc2cccnc2N(CCN2CCCCC2)C1=O. The molecule has 0 N–H and O–H groups in total. The van der Waals surface area contributed by atoms with Gasteiger partial charge in [-0.05, 0) is 51.9 Å². The van der Waals surface area contributed by atoms with E-state index in [1.54, 1.807) is 11.1 Å². The van der Waals surface area contributed by atoms with Gasteiger partial charge in [-0.15, -0.1) is 0 Å². The minimum absolute atomic E-state index is 0.00860. The molecule has 21 heavy (non-hydrogen) atoms. The van der Waals surface area contributed by atoms with E-state index in [1.165, 1.54) is 19.3 Å². The fourth-order valence-corrected chi connectivity index (χ4v) is 3.04. The van der Waals surface area contributed by atoms with E-state index in [-0.39, 0.29) is 5.91 Å². The normalized spacial score (nSPS) is 21.8. The van der Waals surface area contributed by atoms with Gasteiger partial charge in [0.15, 0.2) is 17.2 Å². The van der Waals surface area contributed by atoms with E-state index in [0.29, 0.717) is 18.1 Å². The highest BCUT2D eigenvalue weighted by Crippen LogP contribution is 2.35. The lowest BCUT2D eigenvalue weighted by Crippen LogP contribution is -2.54. The molecule has 0 aliphatic carbocycles. The lowest BCUT2D eigenvalue weighted by molar-refractivity contribution is -0.132. The van der Waals surface area contributed by atoms with Crippen molar-refractivity contribution in [3.05, 3.63) is 18.3 Å². The third-order valence-corrected chi connectivity index (χ3v) is 4.22. The number of pyridine rings is 1. The van der Waals surface area contributed by atoms with Gasteiger partial charge in [0.1, 0.15) is 0 Å². The van der Waals surface area contributed by atoms with E-state index in [1.807, 2.05) is 26.0 Å². The van der Waals surface area contributed by atoms with Crippen LogP contribution in [0.5, 0.6) is 5.75 Å². The second-order valence-corrected chi connectivity index (χ2v) is 6.30. The number of anilines is 1. The average molecular weight is 289 g/mol. The Morgan fingerprint density at radius 3 is 2.76 bits per heavy atom. The summed E-state index contributed by atoms with van der Waals surface area (Å²) in [5, 5.41) is 0. The van der Waals surface area contributed by atoms with Crippen molar-refractivity contribution in [1.82, 2.24) is 9.88 Å².